The van der Waals surface area contributed by atoms with Crippen molar-refractivity contribution in [2.24, 2.45) is 0 Å². The monoisotopic (exact) mass is 257 g/mol. The van der Waals surface area contributed by atoms with Crippen molar-refractivity contribution < 1.29 is 4.74 Å². The predicted molar refractivity (Wildman–Crippen MR) is 74.9 cm³/mol. The van der Waals surface area contributed by atoms with Crippen LogP contribution in [0.3, 0.4) is 0 Å². The first-order valence-electron chi connectivity index (χ1n) is 6.53. The van der Waals surface area contributed by atoms with Crippen molar-refractivity contribution in [1.29, 1.82) is 0 Å². The third-order valence-electron chi connectivity index (χ3n) is 2.80. The van der Waals surface area contributed by atoms with Gasteiger partial charge < -0.3 is 10.1 Å². The summed E-state index contributed by atoms with van der Waals surface area (Å²) in [6.07, 6.45) is 3.39. The molecule has 1 unspecified atom stereocenters. The van der Waals surface area contributed by atoms with E-state index in [4.69, 9.17) is 4.74 Å². The van der Waals surface area contributed by atoms with Gasteiger partial charge in [0.2, 0.25) is 5.88 Å². The van der Waals surface area contributed by atoms with Gasteiger partial charge in [-0.1, -0.05) is 37.3 Å². The minimum atomic E-state index is -0.0323. The summed E-state index contributed by atoms with van der Waals surface area (Å²) in [5, 5.41) is 3.21. The van der Waals surface area contributed by atoms with E-state index in [1.165, 1.54) is 0 Å². The summed E-state index contributed by atoms with van der Waals surface area (Å²) in [7, 11) is 0. The zero-order chi connectivity index (χ0) is 13.5. The van der Waals surface area contributed by atoms with E-state index in [1.807, 2.05) is 37.3 Å². The molecule has 0 amide bonds. The van der Waals surface area contributed by atoms with E-state index >= 15 is 0 Å². The van der Waals surface area contributed by atoms with E-state index in [2.05, 4.69) is 22.2 Å². The highest BCUT2D eigenvalue weighted by molar-refractivity contribution is 5.18. The Bertz CT molecular complexity index is 485. The molecule has 0 fully saturated rings. The number of nitrogens with one attached hydrogen (secondary N) is 1. The third-order valence-corrected chi connectivity index (χ3v) is 2.80. The summed E-state index contributed by atoms with van der Waals surface area (Å²) in [5.74, 6) is 0.552. The van der Waals surface area contributed by atoms with Crippen LogP contribution in [0.15, 0.2) is 42.7 Å². The maximum atomic E-state index is 5.77. The standard InChI is InChI=1S/C15H19N3O/c1-3-16-9-14-10-18-15(11-17-14)19-12(2)13-7-5-4-6-8-13/h4-8,10-12,16H,3,9H2,1-2H3. The largest absolute Gasteiger partial charge is 0.469 e. The molecule has 4 heteroatoms. The van der Waals surface area contributed by atoms with Gasteiger partial charge in [-0.3, -0.25) is 4.98 Å². The SMILES string of the molecule is CCNCc1cnc(OC(C)c2ccccc2)cn1. The van der Waals surface area contributed by atoms with E-state index in [9.17, 15) is 0 Å². The van der Waals surface area contributed by atoms with E-state index in [1.54, 1.807) is 12.4 Å². The van der Waals surface area contributed by atoms with Gasteiger partial charge in [0.15, 0.2) is 0 Å². The van der Waals surface area contributed by atoms with Crippen molar-refractivity contribution in [3.63, 3.8) is 0 Å². The summed E-state index contributed by atoms with van der Waals surface area (Å²) in [6.45, 7) is 5.72. The number of nitrogens with zero attached hydrogens (tertiary/aromatic N) is 2. The van der Waals surface area contributed by atoms with Gasteiger partial charge in [-0.25, -0.2) is 4.98 Å². The normalized spacial score (nSPS) is 12.1. The average molecular weight is 257 g/mol. The van der Waals surface area contributed by atoms with Crippen molar-refractivity contribution in [3.8, 4) is 5.88 Å². The molecule has 2 rings (SSSR count). The van der Waals surface area contributed by atoms with Crippen molar-refractivity contribution in [2.75, 3.05) is 6.54 Å². The molecule has 0 aliphatic heterocycles. The average Bonchev–Trinajstić information content (AvgIpc) is 2.47. The summed E-state index contributed by atoms with van der Waals surface area (Å²) < 4.78 is 5.77. The molecule has 1 atom stereocenters. The van der Waals surface area contributed by atoms with Crippen molar-refractivity contribution in [3.05, 3.63) is 54.0 Å². The molecular formula is C15H19N3O. The molecule has 0 aliphatic carbocycles. The van der Waals surface area contributed by atoms with Gasteiger partial charge in [0.1, 0.15) is 6.10 Å². The van der Waals surface area contributed by atoms with Crippen LogP contribution in [0.1, 0.15) is 31.2 Å². The van der Waals surface area contributed by atoms with Gasteiger partial charge in [0.25, 0.3) is 0 Å². The Morgan fingerprint density at radius 3 is 2.58 bits per heavy atom. The minimum absolute atomic E-state index is 0.0323. The van der Waals surface area contributed by atoms with Crippen LogP contribution in [0.5, 0.6) is 5.88 Å². The molecule has 1 aromatic heterocycles. The summed E-state index contributed by atoms with van der Waals surface area (Å²) in [5.41, 5.74) is 2.04. The summed E-state index contributed by atoms with van der Waals surface area (Å²) in [4.78, 5) is 8.59. The molecule has 100 valence electrons. The molecule has 1 aromatic carbocycles. The lowest BCUT2D eigenvalue weighted by Crippen LogP contribution is -2.13. The number of ether oxygens (including phenoxy) is 1. The number of hydrogen-bond donors (Lipinski definition) is 1. The molecule has 2 aromatic rings. The van der Waals surface area contributed by atoms with Gasteiger partial charge in [0, 0.05) is 6.54 Å². The molecular weight excluding hydrogens is 238 g/mol. The highest BCUT2D eigenvalue weighted by Gasteiger charge is 2.07. The fraction of sp³-hybridized carbons (Fsp3) is 0.333. The molecule has 1 heterocycles. The molecule has 0 spiro atoms. The molecule has 0 aliphatic rings. The lowest BCUT2D eigenvalue weighted by atomic mass is 10.1. The Balaban J connectivity index is 1.96. The van der Waals surface area contributed by atoms with Crippen LogP contribution in [0.4, 0.5) is 0 Å². The first-order chi connectivity index (χ1) is 9.29. The number of rotatable bonds is 6. The Labute approximate surface area is 113 Å². The van der Waals surface area contributed by atoms with Crippen LogP contribution < -0.4 is 10.1 Å². The number of benzene rings is 1. The van der Waals surface area contributed by atoms with E-state index in [0.717, 1.165) is 24.3 Å². The number of aromatic nitrogens is 2. The van der Waals surface area contributed by atoms with Gasteiger partial charge in [-0.05, 0) is 19.0 Å². The second-order valence-corrected chi connectivity index (χ2v) is 4.30. The van der Waals surface area contributed by atoms with Crippen molar-refractivity contribution >= 4 is 0 Å². The summed E-state index contributed by atoms with van der Waals surface area (Å²) in [6, 6.07) is 10.1. The lowest BCUT2D eigenvalue weighted by Gasteiger charge is -2.13. The Kier molecular flexibility index (Phi) is 4.86. The van der Waals surface area contributed by atoms with Gasteiger partial charge in [-0.15, -0.1) is 0 Å². The zero-order valence-electron chi connectivity index (χ0n) is 11.3. The summed E-state index contributed by atoms with van der Waals surface area (Å²) >= 11 is 0. The zero-order valence-corrected chi connectivity index (χ0v) is 11.3. The van der Waals surface area contributed by atoms with Gasteiger partial charge in [-0.2, -0.15) is 0 Å². The Morgan fingerprint density at radius 1 is 1.16 bits per heavy atom. The quantitative estimate of drug-likeness (QED) is 0.864. The third kappa shape index (κ3) is 4.03. The molecule has 0 saturated heterocycles. The molecule has 1 N–H and O–H groups in total. The van der Waals surface area contributed by atoms with Gasteiger partial charge >= 0.3 is 0 Å². The smallest absolute Gasteiger partial charge is 0.232 e. The predicted octanol–water partition coefficient (Wildman–Crippen LogP) is 2.73. The molecule has 0 radical (unpaired) electrons. The lowest BCUT2D eigenvalue weighted by molar-refractivity contribution is 0.216. The van der Waals surface area contributed by atoms with Crippen LogP contribution in [0.25, 0.3) is 0 Å². The highest BCUT2D eigenvalue weighted by Crippen LogP contribution is 2.18. The minimum Gasteiger partial charge on any atom is -0.469 e. The van der Waals surface area contributed by atoms with E-state index in [0.29, 0.717) is 5.88 Å². The second-order valence-electron chi connectivity index (χ2n) is 4.30. The van der Waals surface area contributed by atoms with Crippen LogP contribution >= 0.6 is 0 Å². The van der Waals surface area contributed by atoms with Gasteiger partial charge in [0.05, 0.1) is 18.1 Å². The molecule has 0 bridgehead atoms. The van der Waals surface area contributed by atoms with Crippen LogP contribution in [0.2, 0.25) is 0 Å². The van der Waals surface area contributed by atoms with E-state index in [-0.39, 0.29) is 6.10 Å². The van der Waals surface area contributed by atoms with E-state index < -0.39 is 0 Å². The topological polar surface area (TPSA) is 47.0 Å². The first kappa shape index (κ1) is 13.5. The van der Waals surface area contributed by atoms with Crippen molar-refractivity contribution in [2.45, 2.75) is 26.5 Å². The number of hydrogen-bond acceptors (Lipinski definition) is 4. The van der Waals surface area contributed by atoms with Crippen LogP contribution in [-0.2, 0) is 6.54 Å². The molecule has 4 nitrogen and oxygen atoms in total. The first-order valence-corrected chi connectivity index (χ1v) is 6.53. The molecule has 19 heavy (non-hydrogen) atoms. The van der Waals surface area contributed by atoms with Crippen LogP contribution in [-0.4, -0.2) is 16.5 Å². The Hall–Kier alpha value is -1.94. The second kappa shape index (κ2) is 6.85. The maximum Gasteiger partial charge on any atom is 0.232 e. The van der Waals surface area contributed by atoms with Crippen molar-refractivity contribution in [1.82, 2.24) is 15.3 Å². The van der Waals surface area contributed by atoms with Crippen LogP contribution in [0, 0.1) is 0 Å². The maximum absolute atomic E-state index is 5.77. The highest BCUT2D eigenvalue weighted by atomic mass is 16.5. The molecule has 0 saturated carbocycles. The fourth-order valence-corrected chi connectivity index (χ4v) is 1.72. The Morgan fingerprint density at radius 2 is 1.95 bits per heavy atom. The fourth-order valence-electron chi connectivity index (χ4n) is 1.72.